The predicted molar refractivity (Wildman–Crippen MR) is 94.2 cm³/mol. The molecule has 0 aliphatic heterocycles. The van der Waals surface area contributed by atoms with Crippen LogP contribution in [0, 0.1) is 0 Å². The molecule has 0 saturated carbocycles. The Morgan fingerprint density at radius 3 is 2.68 bits per heavy atom. The van der Waals surface area contributed by atoms with E-state index in [1.165, 1.54) is 9.25 Å². The second kappa shape index (κ2) is 7.43. The lowest BCUT2D eigenvalue weighted by molar-refractivity contribution is 0.251. The minimum Gasteiger partial charge on any atom is -0.336 e. The topological polar surface area (TPSA) is 93.8 Å². The lowest BCUT2D eigenvalue weighted by Crippen LogP contribution is -2.34. The number of carbonyl (C=O) groups excluding carboxylic acids is 1. The molecule has 3 aromatic rings. The second-order valence-electron chi connectivity index (χ2n) is 5.38. The lowest BCUT2D eigenvalue weighted by atomic mass is 10.3. The highest BCUT2D eigenvalue weighted by molar-refractivity contribution is 5.89. The Kier molecular flexibility index (Phi) is 4.89. The molecule has 0 fully saturated rings. The first-order valence-electron chi connectivity index (χ1n) is 7.79. The summed E-state index contributed by atoms with van der Waals surface area (Å²) >= 11 is 0. The maximum absolute atomic E-state index is 12.2. The fraction of sp³-hybridized carbons (Fsp3) is 0.176. The van der Waals surface area contributed by atoms with Crippen LogP contribution in [0.5, 0.6) is 0 Å². The molecule has 2 aromatic heterocycles. The van der Waals surface area contributed by atoms with Crippen molar-refractivity contribution in [2.45, 2.75) is 6.54 Å². The van der Waals surface area contributed by atoms with Crippen molar-refractivity contribution >= 4 is 11.7 Å². The van der Waals surface area contributed by atoms with E-state index < -0.39 is 0 Å². The highest BCUT2D eigenvalue weighted by Gasteiger charge is 2.12. The van der Waals surface area contributed by atoms with Crippen LogP contribution in [0.25, 0.3) is 11.4 Å². The number of anilines is 1. The van der Waals surface area contributed by atoms with Crippen LogP contribution < -0.4 is 16.3 Å². The van der Waals surface area contributed by atoms with Gasteiger partial charge in [0, 0.05) is 37.2 Å². The average Bonchev–Trinajstić information content (AvgIpc) is 2.92. The van der Waals surface area contributed by atoms with Crippen LogP contribution in [0.4, 0.5) is 10.5 Å². The van der Waals surface area contributed by atoms with Crippen molar-refractivity contribution in [3.8, 4) is 11.4 Å². The van der Waals surface area contributed by atoms with E-state index in [1.54, 1.807) is 37.6 Å². The van der Waals surface area contributed by atoms with E-state index in [2.05, 4.69) is 20.7 Å². The zero-order valence-electron chi connectivity index (χ0n) is 13.7. The zero-order chi connectivity index (χ0) is 17.6. The molecule has 2 heterocycles. The molecule has 8 nitrogen and oxygen atoms in total. The molecule has 0 atom stereocenters. The first kappa shape index (κ1) is 16.4. The van der Waals surface area contributed by atoms with Gasteiger partial charge in [0.1, 0.15) is 0 Å². The van der Waals surface area contributed by atoms with Gasteiger partial charge in [0.15, 0.2) is 5.82 Å². The smallest absolute Gasteiger partial charge is 0.336 e. The molecule has 0 radical (unpaired) electrons. The van der Waals surface area contributed by atoms with Crippen molar-refractivity contribution < 1.29 is 4.79 Å². The van der Waals surface area contributed by atoms with Gasteiger partial charge in [-0.25, -0.2) is 14.3 Å². The molecule has 3 rings (SSSR count). The van der Waals surface area contributed by atoms with Gasteiger partial charge < -0.3 is 10.6 Å². The molecule has 0 unspecified atom stereocenters. The molecular formula is C17H18N6O2. The Morgan fingerprint density at radius 2 is 1.96 bits per heavy atom. The second-order valence-corrected chi connectivity index (χ2v) is 5.38. The van der Waals surface area contributed by atoms with Gasteiger partial charge in [0.2, 0.25) is 0 Å². The van der Waals surface area contributed by atoms with Crippen molar-refractivity contribution in [3.05, 3.63) is 65.3 Å². The Hall–Kier alpha value is -3.42. The van der Waals surface area contributed by atoms with E-state index in [-0.39, 0.29) is 24.8 Å². The molecule has 8 heteroatoms. The summed E-state index contributed by atoms with van der Waals surface area (Å²) in [5.74, 6) is 0.534. The molecule has 25 heavy (non-hydrogen) atoms. The van der Waals surface area contributed by atoms with Gasteiger partial charge in [-0.1, -0.05) is 18.2 Å². The minimum absolute atomic E-state index is 0.246. The summed E-state index contributed by atoms with van der Waals surface area (Å²) in [6, 6.07) is 12.4. The Balaban J connectivity index is 1.60. The van der Waals surface area contributed by atoms with Crippen LogP contribution in [0.15, 0.2) is 59.7 Å². The van der Waals surface area contributed by atoms with E-state index in [0.29, 0.717) is 11.5 Å². The van der Waals surface area contributed by atoms with Crippen LogP contribution >= 0.6 is 0 Å². The molecule has 0 aliphatic carbocycles. The summed E-state index contributed by atoms with van der Waals surface area (Å²) in [4.78, 5) is 28.1. The van der Waals surface area contributed by atoms with Crippen molar-refractivity contribution in [1.82, 2.24) is 24.6 Å². The monoisotopic (exact) mass is 338 g/mol. The number of carbonyl (C=O) groups is 1. The summed E-state index contributed by atoms with van der Waals surface area (Å²) in [5.41, 5.74) is 1.22. The Morgan fingerprint density at radius 1 is 1.16 bits per heavy atom. The fourth-order valence-electron chi connectivity index (χ4n) is 2.35. The standard InChI is InChI=1S/C17H18N6O2/c1-22-15(13-6-5-9-18-12-13)21-23(17(22)25)11-10-19-16(24)20-14-7-3-2-4-8-14/h2-9,12H,10-11H2,1H3,(H2,19,20,24). The number of aromatic nitrogens is 4. The van der Waals surface area contributed by atoms with Crippen LogP contribution in [0.1, 0.15) is 0 Å². The van der Waals surface area contributed by atoms with E-state index in [0.717, 1.165) is 5.56 Å². The third-order valence-corrected chi connectivity index (χ3v) is 3.60. The van der Waals surface area contributed by atoms with Crippen LogP contribution in [0.3, 0.4) is 0 Å². The quantitative estimate of drug-likeness (QED) is 0.736. The number of benzene rings is 1. The maximum atomic E-state index is 12.2. The third kappa shape index (κ3) is 3.92. The molecular weight excluding hydrogens is 320 g/mol. The molecule has 128 valence electrons. The van der Waals surface area contributed by atoms with Gasteiger partial charge in [-0.3, -0.25) is 9.55 Å². The number of pyridine rings is 1. The number of hydrogen-bond acceptors (Lipinski definition) is 4. The molecule has 0 spiro atoms. The first-order valence-corrected chi connectivity index (χ1v) is 7.79. The van der Waals surface area contributed by atoms with E-state index in [4.69, 9.17) is 0 Å². The van der Waals surface area contributed by atoms with Crippen molar-refractivity contribution in [1.29, 1.82) is 0 Å². The maximum Gasteiger partial charge on any atom is 0.345 e. The van der Waals surface area contributed by atoms with E-state index >= 15 is 0 Å². The SMILES string of the molecule is Cn1c(-c2cccnc2)nn(CCNC(=O)Nc2ccccc2)c1=O. The summed E-state index contributed by atoms with van der Waals surface area (Å²) in [7, 11) is 1.66. The van der Waals surface area contributed by atoms with Crippen LogP contribution in [0.2, 0.25) is 0 Å². The Bertz CT molecular complexity index is 902. The summed E-state index contributed by atoms with van der Waals surface area (Å²) < 4.78 is 2.78. The lowest BCUT2D eigenvalue weighted by Gasteiger charge is -2.07. The number of urea groups is 1. The van der Waals surface area contributed by atoms with Gasteiger partial charge in [0.25, 0.3) is 0 Å². The third-order valence-electron chi connectivity index (χ3n) is 3.60. The molecule has 0 aliphatic rings. The average molecular weight is 338 g/mol. The van der Waals surface area contributed by atoms with Gasteiger partial charge in [-0.05, 0) is 24.3 Å². The molecule has 0 bridgehead atoms. The molecule has 2 amide bonds. The van der Waals surface area contributed by atoms with E-state index in [9.17, 15) is 9.59 Å². The Labute approximate surface area is 144 Å². The highest BCUT2D eigenvalue weighted by atomic mass is 16.2. The number of hydrogen-bond donors (Lipinski definition) is 2. The van der Waals surface area contributed by atoms with Gasteiger partial charge in [0.05, 0.1) is 6.54 Å². The summed E-state index contributed by atoms with van der Waals surface area (Å²) in [6.07, 6.45) is 3.31. The zero-order valence-corrected chi connectivity index (χ0v) is 13.7. The van der Waals surface area contributed by atoms with Gasteiger partial charge >= 0.3 is 11.7 Å². The number of nitrogens with zero attached hydrogens (tertiary/aromatic N) is 4. The van der Waals surface area contributed by atoms with Crippen LogP contribution in [-0.2, 0) is 13.6 Å². The number of amides is 2. The molecule has 0 saturated heterocycles. The first-order chi connectivity index (χ1) is 12.1. The normalized spacial score (nSPS) is 10.4. The highest BCUT2D eigenvalue weighted by Crippen LogP contribution is 2.12. The summed E-state index contributed by atoms with van der Waals surface area (Å²) in [6.45, 7) is 0.553. The van der Waals surface area contributed by atoms with Crippen molar-refractivity contribution in [3.63, 3.8) is 0 Å². The summed E-state index contributed by atoms with van der Waals surface area (Å²) in [5, 5.41) is 9.73. The number of rotatable bonds is 5. The van der Waals surface area contributed by atoms with Crippen LogP contribution in [-0.4, -0.2) is 31.9 Å². The molecule has 1 aromatic carbocycles. The largest absolute Gasteiger partial charge is 0.345 e. The van der Waals surface area contributed by atoms with Crippen molar-refractivity contribution in [2.24, 2.45) is 7.05 Å². The fourth-order valence-corrected chi connectivity index (χ4v) is 2.35. The minimum atomic E-state index is -0.331. The number of para-hydroxylation sites is 1. The molecule has 2 N–H and O–H groups in total. The van der Waals surface area contributed by atoms with E-state index in [1.807, 2.05) is 24.3 Å². The van der Waals surface area contributed by atoms with Gasteiger partial charge in [-0.2, -0.15) is 0 Å². The predicted octanol–water partition coefficient (Wildman–Crippen LogP) is 1.47. The van der Waals surface area contributed by atoms with Crippen molar-refractivity contribution in [2.75, 3.05) is 11.9 Å². The number of nitrogens with one attached hydrogen (secondary N) is 2. The van der Waals surface area contributed by atoms with Gasteiger partial charge in [-0.15, -0.1) is 5.10 Å².